The van der Waals surface area contributed by atoms with Crippen molar-refractivity contribution in [3.8, 4) is 0 Å². The number of urea groups is 1. The molecule has 1 saturated carbocycles. The minimum Gasteiger partial charge on any atom is -0.354 e. The molecule has 1 aliphatic carbocycles. The second kappa shape index (κ2) is 10.5. The van der Waals surface area contributed by atoms with Crippen molar-refractivity contribution >= 4 is 11.9 Å². The van der Waals surface area contributed by atoms with Crippen molar-refractivity contribution in [2.45, 2.75) is 83.2 Å². The number of hydrogen-bond acceptors (Lipinski definition) is 3. The predicted octanol–water partition coefficient (Wildman–Crippen LogP) is 2.03. The number of carbonyl (C=O) groups is 2. The molecule has 0 aromatic carbocycles. The van der Waals surface area contributed by atoms with Gasteiger partial charge in [-0.1, -0.05) is 25.7 Å². The fraction of sp³-hybridized carbons (Fsp3) is 0.882. The summed E-state index contributed by atoms with van der Waals surface area (Å²) in [4.78, 5) is 23.3. The Bertz CT molecular complexity index is 360. The van der Waals surface area contributed by atoms with Crippen LogP contribution in [0.25, 0.3) is 0 Å². The normalized spacial score (nSPS) is 16.0. The Balaban J connectivity index is 1.94. The highest BCUT2D eigenvalue weighted by Crippen LogP contribution is 2.17. The molecule has 134 valence electrons. The molecule has 0 spiro atoms. The van der Waals surface area contributed by atoms with Crippen LogP contribution in [0.1, 0.15) is 71.6 Å². The molecule has 0 aromatic heterocycles. The van der Waals surface area contributed by atoms with Crippen LogP contribution in [-0.4, -0.2) is 36.6 Å². The van der Waals surface area contributed by atoms with Gasteiger partial charge in [-0.3, -0.25) is 4.79 Å². The van der Waals surface area contributed by atoms with Crippen LogP contribution in [0.2, 0.25) is 0 Å². The van der Waals surface area contributed by atoms with E-state index in [9.17, 15) is 9.59 Å². The van der Waals surface area contributed by atoms with E-state index in [1.54, 1.807) is 0 Å². The van der Waals surface area contributed by atoms with Gasteiger partial charge in [0, 0.05) is 31.1 Å². The third kappa shape index (κ3) is 11.0. The van der Waals surface area contributed by atoms with Crippen molar-refractivity contribution in [2.75, 3.05) is 13.1 Å². The summed E-state index contributed by atoms with van der Waals surface area (Å²) in [6, 6.07) is 0.291. The molecule has 5 N–H and O–H groups in total. The molecule has 1 aliphatic rings. The fourth-order valence-corrected chi connectivity index (χ4v) is 2.69. The van der Waals surface area contributed by atoms with Gasteiger partial charge in [0.05, 0.1) is 0 Å². The van der Waals surface area contributed by atoms with Crippen LogP contribution in [-0.2, 0) is 4.79 Å². The van der Waals surface area contributed by atoms with Crippen molar-refractivity contribution in [2.24, 2.45) is 5.73 Å². The summed E-state index contributed by atoms with van der Waals surface area (Å²) in [6.07, 6.45) is 9.10. The molecule has 0 aromatic rings. The van der Waals surface area contributed by atoms with Crippen LogP contribution < -0.4 is 21.7 Å². The minimum absolute atomic E-state index is 0.0477. The van der Waals surface area contributed by atoms with Gasteiger partial charge < -0.3 is 21.7 Å². The summed E-state index contributed by atoms with van der Waals surface area (Å²) in [7, 11) is 0. The van der Waals surface area contributed by atoms with E-state index in [0.717, 1.165) is 32.1 Å². The molecule has 0 heterocycles. The third-order valence-electron chi connectivity index (χ3n) is 4.05. The highest BCUT2D eigenvalue weighted by atomic mass is 16.2. The van der Waals surface area contributed by atoms with Gasteiger partial charge in [0.15, 0.2) is 0 Å². The summed E-state index contributed by atoms with van der Waals surface area (Å²) in [5, 5.41) is 8.76. The number of unbranched alkanes of at least 4 members (excludes halogenated alkanes) is 2. The van der Waals surface area contributed by atoms with Crippen LogP contribution in [0.5, 0.6) is 0 Å². The number of hydrogen-bond donors (Lipinski definition) is 4. The molecule has 3 amide bonds. The molecule has 1 rings (SSSR count). The number of nitrogens with two attached hydrogens (primary N) is 1. The molecule has 0 radical (unpaired) electrons. The quantitative estimate of drug-likeness (QED) is 0.488. The SMILES string of the molecule is CC(C)(N)CNC(=O)CCCCCNC(=O)NC1CCCCC1. The number of rotatable bonds is 9. The first-order valence-corrected chi connectivity index (χ1v) is 8.97. The molecule has 6 nitrogen and oxygen atoms in total. The van der Waals surface area contributed by atoms with E-state index in [1.165, 1.54) is 19.3 Å². The maximum absolute atomic E-state index is 11.7. The zero-order valence-corrected chi connectivity index (χ0v) is 14.7. The van der Waals surface area contributed by atoms with Crippen LogP contribution in [0.3, 0.4) is 0 Å². The number of amides is 3. The minimum atomic E-state index is -0.370. The summed E-state index contributed by atoms with van der Waals surface area (Å²) < 4.78 is 0. The van der Waals surface area contributed by atoms with Gasteiger partial charge in [0.1, 0.15) is 0 Å². The van der Waals surface area contributed by atoms with Crippen molar-refractivity contribution in [3.63, 3.8) is 0 Å². The highest BCUT2D eigenvalue weighted by molar-refractivity contribution is 5.76. The second-order valence-corrected chi connectivity index (χ2v) is 7.31. The summed E-state index contributed by atoms with van der Waals surface area (Å²) in [5.74, 6) is 0.0477. The van der Waals surface area contributed by atoms with E-state index in [-0.39, 0.29) is 17.5 Å². The molecule has 0 aliphatic heterocycles. The lowest BCUT2D eigenvalue weighted by molar-refractivity contribution is -0.121. The van der Waals surface area contributed by atoms with Crippen molar-refractivity contribution < 1.29 is 9.59 Å². The summed E-state index contributed by atoms with van der Waals surface area (Å²) in [6.45, 7) is 4.93. The molecule has 0 unspecified atom stereocenters. The van der Waals surface area contributed by atoms with Crippen LogP contribution >= 0.6 is 0 Å². The second-order valence-electron chi connectivity index (χ2n) is 7.31. The lowest BCUT2D eigenvalue weighted by Gasteiger charge is -2.22. The van der Waals surface area contributed by atoms with Gasteiger partial charge in [-0.2, -0.15) is 0 Å². The topological polar surface area (TPSA) is 96.2 Å². The predicted molar refractivity (Wildman–Crippen MR) is 93.2 cm³/mol. The van der Waals surface area contributed by atoms with Crippen molar-refractivity contribution in [1.29, 1.82) is 0 Å². The number of carbonyl (C=O) groups excluding carboxylic acids is 2. The van der Waals surface area contributed by atoms with Gasteiger partial charge in [-0.25, -0.2) is 4.79 Å². The zero-order valence-electron chi connectivity index (χ0n) is 14.7. The largest absolute Gasteiger partial charge is 0.354 e. The van der Waals surface area contributed by atoms with Crippen LogP contribution in [0.15, 0.2) is 0 Å². The third-order valence-corrected chi connectivity index (χ3v) is 4.05. The monoisotopic (exact) mass is 326 g/mol. The number of nitrogens with one attached hydrogen (secondary N) is 3. The van der Waals surface area contributed by atoms with E-state index in [0.29, 0.717) is 25.6 Å². The maximum atomic E-state index is 11.7. The zero-order chi connectivity index (χ0) is 17.1. The molecule has 0 bridgehead atoms. The van der Waals surface area contributed by atoms with Gasteiger partial charge in [-0.05, 0) is 39.5 Å². The molecular weight excluding hydrogens is 292 g/mol. The van der Waals surface area contributed by atoms with Crippen LogP contribution in [0.4, 0.5) is 4.79 Å². The van der Waals surface area contributed by atoms with Gasteiger partial charge in [0.2, 0.25) is 5.91 Å². The first-order valence-electron chi connectivity index (χ1n) is 8.97. The summed E-state index contributed by atoms with van der Waals surface area (Å²) in [5.41, 5.74) is 5.44. The average molecular weight is 326 g/mol. The lowest BCUT2D eigenvalue weighted by atomic mass is 9.96. The Kier molecular flexibility index (Phi) is 8.99. The van der Waals surface area contributed by atoms with Gasteiger partial charge in [-0.15, -0.1) is 0 Å². The van der Waals surface area contributed by atoms with Crippen LogP contribution in [0, 0.1) is 0 Å². The molecule has 0 atom stereocenters. The van der Waals surface area contributed by atoms with E-state index < -0.39 is 0 Å². The molecule has 0 saturated heterocycles. The van der Waals surface area contributed by atoms with Crippen molar-refractivity contribution in [3.05, 3.63) is 0 Å². The standard InChI is InChI=1S/C17H34N4O2/c1-17(2,18)13-20-15(22)11-7-4-8-12-19-16(23)21-14-9-5-3-6-10-14/h14H,3-13,18H2,1-2H3,(H,20,22)(H2,19,21,23). The van der Waals surface area contributed by atoms with Crippen molar-refractivity contribution in [1.82, 2.24) is 16.0 Å². The first-order chi connectivity index (χ1) is 10.9. The van der Waals surface area contributed by atoms with Gasteiger partial charge >= 0.3 is 6.03 Å². The maximum Gasteiger partial charge on any atom is 0.315 e. The van der Waals surface area contributed by atoms with Gasteiger partial charge in [0.25, 0.3) is 0 Å². The Morgan fingerprint density at radius 3 is 2.39 bits per heavy atom. The van der Waals surface area contributed by atoms with E-state index in [2.05, 4.69) is 16.0 Å². The molecular formula is C17H34N4O2. The van der Waals surface area contributed by atoms with E-state index in [4.69, 9.17) is 5.73 Å². The van der Waals surface area contributed by atoms with E-state index >= 15 is 0 Å². The fourth-order valence-electron chi connectivity index (χ4n) is 2.69. The smallest absolute Gasteiger partial charge is 0.315 e. The Hall–Kier alpha value is -1.30. The lowest BCUT2D eigenvalue weighted by Crippen LogP contribution is -2.45. The molecule has 6 heteroatoms. The summed E-state index contributed by atoms with van der Waals surface area (Å²) >= 11 is 0. The Labute approximate surface area is 140 Å². The average Bonchev–Trinajstić information content (AvgIpc) is 2.49. The van der Waals surface area contributed by atoms with E-state index in [1.807, 2.05) is 13.8 Å². The Morgan fingerprint density at radius 1 is 1.04 bits per heavy atom. The highest BCUT2D eigenvalue weighted by Gasteiger charge is 2.15. The first kappa shape index (κ1) is 19.7. The molecule has 23 heavy (non-hydrogen) atoms. The Morgan fingerprint density at radius 2 is 1.74 bits per heavy atom. The molecule has 1 fully saturated rings.